The molecular formula is C13H8Br4O. The molecule has 0 heterocycles. The van der Waals surface area contributed by atoms with Gasteiger partial charge in [0.2, 0.25) is 0 Å². The van der Waals surface area contributed by atoms with Gasteiger partial charge in [-0.05, 0) is 40.2 Å². The molecule has 0 fully saturated rings. The fraction of sp³-hybridized carbons (Fsp3) is 0.0769. The molecule has 1 nitrogen and oxygen atoms in total. The molecule has 0 spiro atoms. The minimum atomic E-state index is 0.812. The Morgan fingerprint density at radius 3 is 2.11 bits per heavy atom. The molecule has 2 rings (SSSR count). The fourth-order valence-electron chi connectivity index (χ4n) is 1.68. The van der Waals surface area contributed by atoms with Crippen LogP contribution < -0.4 is 4.74 Å². The van der Waals surface area contributed by atoms with Crippen LogP contribution in [0.5, 0.6) is 5.75 Å². The smallest absolute Gasteiger partial charge is 0.142 e. The van der Waals surface area contributed by atoms with Gasteiger partial charge in [-0.25, -0.2) is 0 Å². The zero-order chi connectivity index (χ0) is 13.3. The highest BCUT2D eigenvalue weighted by Gasteiger charge is 2.15. The van der Waals surface area contributed by atoms with Gasteiger partial charge in [-0.3, -0.25) is 0 Å². The van der Waals surface area contributed by atoms with Gasteiger partial charge in [0.25, 0.3) is 0 Å². The molecule has 2 aromatic carbocycles. The summed E-state index contributed by atoms with van der Waals surface area (Å²) in [7, 11) is 1.67. The molecular weight excluding hydrogens is 492 g/mol. The molecule has 0 N–H and O–H groups in total. The predicted molar refractivity (Wildman–Crippen MR) is 89.2 cm³/mol. The number of halogens is 4. The lowest BCUT2D eigenvalue weighted by molar-refractivity contribution is 0.413. The van der Waals surface area contributed by atoms with Gasteiger partial charge >= 0.3 is 0 Å². The first kappa shape index (κ1) is 14.6. The second-order valence-electron chi connectivity index (χ2n) is 3.56. The summed E-state index contributed by atoms with van der Waals surface area (Å²) in [5.41, 5.74) is 2.09. The van der Waals surface area contributed by atoms with Crippen LogP contribution in [0.1, 0.15) is 0 Å². The highest BCUT2D eigenvalue weighted by molar-refractivity contribution is 9.11. The van der Waals surface area contributed by atoms with Gasteiger partial charge < -0.3 is 4.74 Å². The first-order chi connectivity index (χ1) is 8.54. The molecule has 0 aliphatic rings. The quantitative estimate of drug-likeness (QED) is 0.464. The van der Waals surface area contributed by atoms with Gasteiger partial charge in [-0.2, -0.15) is 0 Å². The minimum Gasteiger partial charge on any atom is -0.495 e. The van der Waals surface area contributed by atoms with Crippen molar-refractivity contribution in [1.82, 2.24) is 0 Å². The van der Waals surface area contributed by atoms with E-state index in [1.807, 2.05) is 30.3 Å². The summed E-state index contributed by atoms with van der Waals surface area (Å²) in [6.07, 6.45) is 0. The molecule has 0 atom stereocenters. The highest BCUT2D eigenvalue weighted by Crippen LogP contribution is 2.44. The second kappa shape index (κ2) is 6.07. The molecule has 0 unspecified atom stereocenters. The van der Waals surface area contributed by atoms with Gasteiger partial charge in [-0.15, -0.1) is 0 Å². The third kappa shape index (κ3) is 2.84. The summed E-state index contributed by atoms with van der Waals surface area (Å²) >= 11 is 14.1. The first-order valence-electron chi connectivity index (χ1n) is 5.02. The standard InChI is InChI=1S/C13H8Br4O/c1-18-13-10(16)5-4-9(15)12(13)8-3-2-7(14)6-11(8)17/h2-6H,1H3. The van der Waals surface area contributed by atoms with E-state index < -0.39 is 0 Å². The van der Waals surface area contributed by atoms with Crippen molar-refractivity contribution in [2.45, 2.75) is 0 Å². The third-order valence-corrected chi connectivity index (χ3v) is 4.90. The molecule has 0 saturated heterocycles. The molecule has 0 aliphatic heterocycles. The van der Waals surface area contributed by atoms with E-state index in [9.17, 15) is 0 Å². The van der Waals surface area contributed by atoms with E-state index in [2.05, 4.69) is 63.7 Å². The third-order valence-electron chi connectivity index (χ3n) is 2.46. The number of hydrogen-bond acceptors (Lipinski definition) is 1. The maximum atomic E-state index is 5.49. The Hall–Kier alpha value is 0.160. The average molecular weight is 500 g/mol. The van der Waals surface area contributed by atoms with Crippen LogP contribution in [0.25, 0.3) is 11.1 Å². The second-order valence-corrected chi connectivity index (χ2v) is 7.04. The Morgan fingerprint density at radius 2 is 1.50 bits per heavy atom. The van der Waals surface area contributed by atoms with Crippen molar-refractivity contribution in [3.8, 4) is 16.9 Å². The molecule has 0 aliphatic carbocycles. The lowest BCUT2D eigenvalue weighted by Gasteiger charge is -2.14. The van der Waals surface area contributed by atoms with E-state index in [1.54, 1.807) is 7.11 Å². The summed E-state index contributed by atoms with van der Waals surface area (Å²) < 4.78 is 9.45. The van der Waals surface area contributed by atoms with E-state index in [0.29, 0.717) is 0 Å². The van der Waals surface area contributed by atoms with Crippen LogP contribution in [0.15, 0.2) is 48.2 Å². The number of methoxy groups -OCH3 is 1. The first-order valence-corrected chi connectivity index (χ1v) is 8.19. The Labute approximate surface area is 139 Å². The molecule has 18 heavy (non-hydrogen) atoms. The molecule has 0 amide bonds. The molecule has 0 saturated carbocycles. The lowest BCUT2D eigenvalue weighted by Crippen LogP contribution is -1.91. The van der Waals surface area contributed by atoms with Crippen LogP contribution in [0.2, 0.25) is 0 Å². The topological polar surface area (TPSA) is 9.23 Å². The van der Waals surface area contributed by atoms with Crippen molar-refractivity contribution >= 4 is 63.7 Å². The monoisotopic (exact) mass is 496 g/mol. The Kier molecular flexibility index (Phi) is 4.92. The van der Waals surface area contributed by atoms with Crippen molar-refractivity contribution in [1.29, 1.82) is 0 Å². The van der Waals surface area contributed by atoms with Crippen LogP contribution in [0, 0.1) is 0 Å². The van der Waals surface area contributed by atoms with Crippen LogP contribution in [0.3, 0.4) is 0 Å². The number of benzene rings is 2. The Morgan fingerprint density at radius 1 is 0.833 bits per heavy atom. The molecule has 0 radical (unpaired) electrons. The molecule has 0 aromatic heterocycles. The van der Waals surface area contributed by atoms with Crippen molar-refractivity contribution in [2.75, 3.05) is 7.11 Å². The molecule has 2 aromatic rings. The van der Waals surface area contributed by atoms with E-state index in [4.69, 9.17) is 4.74 Å². The molecule has 5 heteroatoms. The highest BCUT2D eigenvalue weighted by atomic mass is 79.9. The van der Waals surface area contributed by atoms with Gasteiger partial charge in [-0.1, -0.05) is 53.9 Å². The normalized spacial score (nSPS) is 10.5. The summed E-state index contributed by atoms with van der Waals surface area (Å²) in [4.78, 5) is 0. The number of hydrogen-bond donors (Lipinski definition) is 0. The van der Waals surface area contributed by atoms with Gasteiger partial charge in [0.1, 0.15) is 5.75 Å². The average Bonchev–Trinajstić information content (AvgIpc) is 2.33. The molecule has 94 valence electrons. The van der Waals surface area contributed by atoms with Crippen LogP contribution in [-0.2, 0) is 0 Å². The van der Waals surface area contributed by atoms with Crippen LogP contribution in [-0.4, -0.2) is 7.11 Å². The Balaban J connectivity index is 2.74. The van der Waals surface area contributed by atoms with Gasteiger partial charge in [0.15, 0.2) is 0 Å². The van der Waals surface area contributed by atoms with E-state index in [1.165, 1.54) is 0 Å². The van der Waals surface area contributed by atoms with Crippen molar-refractivity contribution in [3.05, 3.63) is 48.2 Å². The molecule has 0 bridgehead atoms. The van der Waals surface area contributed by atoms with Gasteiger partial charge in [0.05, 0.1) is 11.6 Å². The summed E-state index contributed by atoms with van der Waals surface area (Å²) in [5, 5.41) is 0. The Bertz CT molecular complexity index is 596. The summed E-state index contributed by atoms with van der Waals surface area (Å²) in [6, 6.07) is 10.0. The largest absolute Gasteiger partial charge is 0.495 e. The SMILES string of the molecule is COc1c(Br)ccc(Br)c1-c1ccc(Br)cc1Br. The van der Waals surface area contributed by atoms with E-state index in [0.717, 1.165) is 34.8 Å². The van der Waals surface area contributed by atoms with Crippen LogP contribution >= 0.6 is 63.7 Å². The van der Waals surface area contributed by atoms with Crippen LogP contribution in [0.4, 0.5) is 0 Å². The predicted octanol–water partition coefficient (Wildman–Crippen LogP) is 6.41. The van der Waals surface area contributed by atoms with Crippen molar-refractivity contribution in [3.63, 3.8) is 0 Å². The minimum absolute atomic E-state index is 0.812. The summed E-state index contributed by atoms with van der Waals surface area (Å²) in [6.45, 7) is 0. The van der Waals surface area contributed by atoms with Gasteiger partial charge in [0, 0.05) is 24.5 Å². The van der Waals surface area contributed by atoms with Crippen molar-refractivity contribution < 1.29 is 4.74 Å². The summed E-state index contributed by atoms with van der Waals surface area (Å²) in [5.74, 6) is 0.812. The van der Waals surface area contributed by atoms with Crippen molar-refractivity contribution in [2.24, 2.45) is 0 Å². The fourth-order valence-corrected chi connectivity index (χ4v) is 3.94. The number of rotatable bonds is 2. The van der Waals surface area contributed by atoms with E-state index in [-0.39, 0.29) is 0 Å². The lowest BCUT2D eigenvalue weighted by atomic mass is 10.0. The maximum Gasteiger partial charge on any atom is 0.142 e. The van der Waals surface area contributed by atoms with E-state index >= 15 is 0 Å². The number of ether oxygens (including phenoxy) is 1. The zero-order valence-corrected chi connectivity index (χ0v) is 15.7. The maximum absolute atomic E-state index is 5.49. The zero-order valence-electron chi connectivity index (χ0n) is 9.31.